The van der Waals surface area contributed by atoms with Crippen LogP contribution in [-0.4, -0.2) is 35.3 Å². The molecular weight excluding hydrogens is 380 g/mol. The Labute approximate surface area is 180 Å². The minimum absolute atomic E-state index is 0.0315. The van der Waals surface area contributed by atoms with Crippen molar-refractivity contribution in [3.63, 3.8) is 0 Å². The van der Waals surface area contributed by atoms with Crippen LogP contribution in [0.2, 0.25) is 0 Å². The second-order valence-electron chi connectivity index (χ2n) is 11.5. The number of nitrogens with two attached hydrogens (primary N) is 1. The molecule has 7 atom stereocenters. The number of esters is 1. The third-order valence-corrected chi connectivity index (χ3v) is 9.60. The van der Waals surface area contributed by atoms with E-state index >= 15 is 0 Å². The zero-order valence-corrected chi connectivity index (χ0v) is 18.9. The Morgan fingerprint density at radius 1 is 1.23 bits per heavy atom. The van der Waals surface area contributed by atoms with Crippen LogP contribution in [0.1, 0.15) is 79.1 Å². The number of rotatable bonds is 3. The summed E-state index contributed by atoms with van der Waals surface area (Å²) in [7, 11) is 0. The van der Waals surface area contributed by atoms with Gasteiger partial charge in [0, 0.05) is 24.3 Å². The van der Waals surface area contributed by atoms with Gasteiger partial charge in [-0.15, -0.1) is 0 Å². The van der Waals surface area contributed by atoms with Gasteiger partial charge in [0.1, 0.15) is 11.9 Å². The van der Waals surface area contributed by atoms with E-state index in [4.69, 9.17) is 10.5 Å². The number of carbonyl (C=O) groups is 2. The zero-order chi connectivity index (χ0) is 21.9. The van der Waals surface area contributed by atoms with E-state index in [0.717, 1.165) is 44.2 Å². The minimum atomic E-state index is -0.685. The monoisotopic (exact) mass is 418 g/mol. The van der Waals surface area contributed by atoms with Crippen LogP contribution in [-0.2, 0) is 14.3 Å². The van der Waals surface area contributed by atoms with Gasteiger partial charge in [-0.2, -0.15) is 0 Å². The Bertz CT molecular complexity index is 762. The first kappa shape index (κ1) is 21.8. The van der Waals surface area contributed by atoms with Crippen molar-refractivity contribution in [1.29, 1.82) is 0 Å². The van der Waals surface area contributed by atoms with Gasteiger partial charge in [-0.25, -0.2) is 0 Å². The van der Waals surface area contributed by atoms with Crippen molar-refractivity contribution in [2.45, 2.75) is 85.2 Å². The van der Waals surface area contributed by atoms with E-state index in [0.29, 0.717) is 36.4 Å². The van der Waals surface area contributed by atoms with E-state index < -0.39 is 5.41 Å². The molecule has 0 aromatic carbocycles. The average molecular weight is 419 g/mol. The molecular formula is C24H38N2O4. The van der Waals surface area contributed by atoms with Crippen molar-refractivity contribution in [1.82, 2.24) is 0 Å². The summed E-state index contributed by atoms with van der Waals surface area (Å²) in [6.45, 7) is 8.40. The quantitative estimate of drug-likeness (QED) is 0.411. The summed E-state index contributed by atoms with van der Waals surface area (Å²) in [5.41, 5.74) is 5.75. The van der Waals surface area contributed by atoms with Crippen molar-refractivity contribution in [3.05, 3.63) is 0 Å². The van der Waals surface area contributed by atoms with Gasteiger partial charge in [-0.1, -0.05) is 19.0 Å². The molecule has 3 N–H and O–H groups in total. The number of nitrogens with zero attached hydrogens (tertiary/aromatic N) is 1. The van der Waals surface area contributed by atoms with Crippen molar-refractivity contribution in [2.75, 3.05) is 6.54 Å². The third-order valence-electron chi connectivity index (χ3n) is 9.60. The van der Waals surface area contributed by atoms with Gasteiger partial charge in [0.25, 0.3) is 0 Å². The molecule has 6 nitrogen and oxygen atoms in total. The summed E-state index contributed by atoms with van der Waals surface area (Å²) < 4.78 is 5.87. The van der Waals surface area contributed by atoms with Gasteiger partial charge in [0.05, 0.1) is 11.1 Å². The molecule has 0 amide bonds. The minimum Gasteiger partial charge on any atom is -0.462 e. The molecule has 0 aromatic rings. The number of Topliss-reactive ketones (excluding diaryl/α,β-unsaturated/α-hetero) is 1. The van der Waals surface area contributed by atoms with Crippen LogP contribution >= 0.6 is 0 Å². The molecule has 4 aliphatic rings. The van der Waals surface area contributed by atoms with Gasteiger partial charge in [0.15, 0.2) is 0 Å². The molecule has 168 valence electrons. The van der Waals surface area contributed by atoms with E-state index in [9.17, 15) is 14.8 Å². The highest BCUT2D eigenvalue weighted by Crippen LogP contribution is 2.65. The molecule has 4 saturated carbocycles. The lowest BCUT2D eigenvalue weighted by Gasteiger charge is -2.60. The summed E-state index contributed by atoms with van der Waals surface area (Å²) in [6, 6.07) is 0. The molecule has 0 bridgehead atoms. The van der Waals surface area contributed by atoms with Crippen LogP contribution in [0.25, 0.3) is 0 Å². The lowest BCUT2D eigenvalue weighted by atomic mass is 9.44. The molecule has 0 aliphatic heterocycles. The molecule has 0 saturated heterocycles. The maximum absolute atomic E-state index is 12.6. The van der Waals surface area contributed by atoms with Crippen LogP contribution in [0, 0.1) is 39.9 Å². The van der Waals surface area contributed by atoms with E-state index in [2.05, 4.69) is 19.0 Å². The molecule has 4 aliphatic carbocycles. The second kappa shape index (κ2) is 7.32. The maximum Gasteiger partial charge on any atom is 0.313 e. The molecule has 0 heterocycles. The summed E-state index contributed by atoms with van der Waals surface area (Å²) in [4.78, 5) is 25.2. The van der Waals surface area contributed by atoms with E-state index in [1.54, 1.807) is 0 Å². The number of carbonyl (C=O) groups excluding carboxylic acids is 2. The smallest absolute Gasteiger partial charge is 0.313 e. The first-order chi connectivity index (χ1) is 14.1. The lowest BCUT2D eigenvalue weighted by Crippen LogP contribution is -2.57. The SMILES string of the molecule is CC(C)(CN)C(=O)O[C@H]1CC[C@@]2(C)C(C1)/C(=N/O)C[C@@H]1[C@@H]2CC[C@]2(C)C(=O)CC[C@@H]12. The number of hydrogen-bond acceptors (Lipinski definition) is 6. The van der Waals surface area contributed by atoms with E-state index in [1.165, 1.54) is 0 Å². The van der Waals surface area contributed by atoms with Gasteiger partial charge >= 0.3 is 5.97 Å². The normalized spacial score (nSPS) is 44.9. The predicted octanol–water partition coefficient (Wildman–Crippen LogP) is 3.94. The van der Waals surface area contributed by atoms with Crippen molar-refractivity contribution in [2.24, 2.45) is 50.8 Å². The Hall–Kier alpha value is -1.43. The number of ketones is 1. The van der Waals surface area contributed by atoms with Crippen LogP contribution in [0.4, 0.5) is 0 Å². The maximum atomic E-state index is 12.6. The van der Waals surface area contributed by atoms with Gasteiger partial charge in [-0.3, -0.25) is 9.59 Å². The number of fused-ring (bicyclic) bond motifs is 5. The molecule has 4 rings (SSSR count). The van der Waals surface area contributed by atoms with Crippen LogP contribution in [0.3, 0.4) is 0 Å². The van der Waals surface area contributed by atoms with Gasteiger partial charge in [0.2, 0.25) is 0 Å². The molecule has 6 heteroatoms. The topological polar surface area (TPSA) is 102 Å². The van der Waals surface area contributed by atoms with Crippen LogP contribution in [0.5, 0.6) is 0 Å². The van der Waals surface area contributed by atoms with Crippen molar-refractivity contribution in [3.8, 4) is 0 Å². The average Bonchev–Trinajstić information content (AvgIpc) is 3.02. The summed E-state index contributed by atoms with van der Waals surface area (Å²) in [5, 5.41) is 13.7. The number of hydrogen-bond donors (Lipinski definition) is 2. The Morgan fingerprint density at radius 2 is 1.97 bits per heavy atom. The predicted molar refractivity (Wildman–Crippen MR) is 114 cm³/mol. The van der Waals surface area contributed by atoms with Crippen molar-refractivity contribution >= 4 is 17.5 Å². The highest BCUT2D eigenvalue weighted by molar-refractivity contribution is 5.90. The fourth-order valence-corrected chi connectivity index (χ4v) is 7.41. The zero-order valence-electron chi connectivity index (χ0n) is 18.9. The summed E-state index contributed by atoms with van der Waals surface area (Å²) in [6.07, 6.45) is 6.84. The highest BCUT2D eigenvalue weighted by atomic mass is 16.5. The summed E-state index contributed by atoms with van der Waals surface area (Å²) >= 11 is 0. The number of ether oxygens (including phenoxy) is 1. The standard InChI is InChI=1S/C24H38N2O4/c1-22(2,13-25)21(28)30-14-7-9-23(3)17-8-10-24(4)16(5-6-20(24)27)15(17)12-19(26-29)18(23)11-14/h14-18,29H,5-13,25H2,1-4H3/b26-19+/t14-,15-,16-,17-,18?,23+,24-/m0/s1. The van der Waals surface area contributed by atoms with Crippen LogP contribution < -0.4 is 5.73 Å². The molecule has 30 heavy (non-hydrogen) atoms. The second-order valence-corrected chi connectivity index (χ2v) is 11.5. The molecule has 4 fully saturated rings. The van der Waals surface area contributed by atoms with Crippen molar-refractivity contribution < 1.29 is 19.5 Å². The Morgan fingerprint density at radius 3 is 2.63 bits per heavy atom. The first-order valence-electron chi connectivity index (χ1n) is 11.7. The first-order valence-corrected chi connectivity index (χ1v) is 11.7. The van der Waals surface area contributed by atoms with Gasteiger partial charge < -0.3 is 15.7 Å². The number of oxime groups is 1. The fraction of sp³-hybridized carbons (Fsp3) is 0.875. The van der Waals surface area contributed by atoms with Gasteiger partial charge in [-0.05, 0) is 82.0 Å². The lowest BCUT2D eigenvalue weighted by molar-refractivity contribution is -0.165. The van der Waals surface area contributed by atoms with E-state index in [1.807, 2.05) is 13.8 Å². The molecule has 0 spiro atoms. The van der Waals surface area contributed by atoms with E-state index in [-0.39, 0.29) is 35.4 Å². The van der Waals surface area contributed by atoms with Crippen LogP contribution in [0.15, 0.2) is 5.16 Å². The Balaban J connectivity index is 1.56. The summed E-state index contributed by atoms with van der Waals surface area (Å²) in [5.74, 6) is 1.66. The Kier molecular flexibility index (Phi) is 5.32. The molecule has 0 radical (unpaired) electrons. The molecule has 1 unspecified atom stereocenters. The molecule has 0 aromatic heterocycles. The fourth-order valence-electron chi connectivity index (χ4n) is 7.41. The third kappa shape index (κ3) is 3.12. The largest absolute Gasteiger partial charge is 0.462 e. The highest BCUT2D eigenvalue weighted by Gasteiger charge is 2.62.